The van der Waals surface area contributed by atoms with Crippen molar-refractivity contribution in [2.24, 2.45) is 11.3 Å². The molecule has 3 atom stereocenters. The minimum atomic E-state index is -0.628. The molecule has 3 unspecified atom stereocenters. The molecule has 1 heterocycles. The first-order valence-corrected chi connectivity index (χ1v) is 12.3. The van der Waals surface area contributed by atoms with Crippen molar-refractivity contribution >= 4 is 27.5 Å². The minimum absolute atomic E-state index is 0.0573. The van der Waals surface area contributed by atoms with E-state index >= 15 is 0 Å². The summed E-state index contributed by atoms with van der Waals surface area (Å²) in [5.74, 6) is 0.0345. The molecule has 3 aromatic carbocycles. The normalized spacial score (nSPS) is 24.7. The number of allylic oxidation sites excluding steroid dienone is 1. The van der Waals surface area contributed by atoms with Crippen molar-refractivity contribution < 1.29 is 9.53 Å². The van der Waals surface area contributed by atoms with E-state index in [0.29, 0.717) is 6.54 Å². The molecule has 0 radical (unpaired) electrons. The van der Waals surface area contributed by atoms with Crippen LogP contribution in [0.25, 0.3) is 5.57 Å². The predicted octanol–water partition coefficient (Wildman–Crippen LogP) is 6.31. The maximum absolute atomic E-state index is 13.7. The maximum atomic E-state index is 13.7. The van der Waals surface area contributed by atoms with Crippen molar-refractivity contribution in [1.82, 2.24) is 4.90 Å². The Labute approximate surface area is 204 Å². The molecule has 33 heavy (non-hydrogen) atoms. The molecule has 0 spiro atoms. The zero-order chi connectivity index (χ0) is 22.8. The molecule has 3 nitrogen and oxygen atoms in total. The van der Waals surface area contributed by atoms with E-state index in [4.69, 9.17) is 4.74 Å². The van der Waals surface area contributed by atoms with Crippen LogP contribution in [0.1, 0.15) is 29.0 Å². The van der Waals surface area contributed by atoms with E-state index in [9.17, 15) is 4.79 Å². The van der Waals surface area contributed by atoms with Gasteiger partial charge in [0, 0.05) is 35.9 Å². The van der Waals surface area contributed by atoms with Crippen LogP contribution >= 0.6 is 15.9 Å². The Hall–Kier alpha value is -2.69. The van der Waals surface area contributed by atoms with Gasteiger partial charge in [0.1, 0.15) is 0 Å². The Kier molecular flexibility index (Phi) is 6.22. The highest BCUT2D eigenvalue weighted by Gasteiger charge is 2.60. The molecule has 4 heteroatoms. The van der Waals surface area contributed by atoms with Crippen molar-refractivity contribution in [3.05, 3.63) is 112 Å². The molecule has 1 aliphatic carbocycles. The second-order valence-corrected chi connectivity index (χ2v) is 10.0. The van der Waals surface area contributed by atoms with Gasteiger partial charge in [-0.25, -0.2) is 0 Å². The van der Waals surface area contributed by atoms with Crippen LogP contribution in [0, 0.1) is 11.3 Å². The summed E-state index contributed by atoms with van der Waals surface area (Å²) in [5, 5.41) is 0. The highest BCUT2D eigenvalue weighted by atomic mass is 79.9. The number of esters is 1. The lowest BCUT2D eigenvalue weighted by Gasteiger charge is -2.43. The van der Waals surface area contributed by atoms with Crippen molar-refractivity contribution in [3.8, 4) is 0 Å². The average molecular weight is 502 g/mol. The number of halogens is 1. The molecule has 1 fully saturated rings. The van der Waals surface area contributed by atoms with Gasteiger partial charge in [-0.3, -0.25) is 9.69 Å². The zero-order valence-electron chi connectivity index (χ0n) is 18.8. The van der Waals surface area contributed by atoms with Gasteiger partial charge in [0.15, 0.2) is 0 Å². The van der Waals surface area contributed by atoms with Crippen molar-refractivity contribution in [1.29, 1.82) is 0 Å². The lowest BCUT2D eigenvalue weighted by Crippen LogP contribution is -2.47. The number of hydrogen-bond donors (Lipinski definition) is 0. The Morgan fingerprint density at radius 3 is 2.42 bits per heavy atom. The molecule has 2 aliphatic rings. The van der Waals surface area contributed by atoms with Crippen LogP contribution in [0.15, 0.2) is 95.5 Å². The highest BCUT2D eigenvalue weighted by molar-refractivity contribution is 9.10. The third-order valence-electron chi connectivity index (χ3n) is 7.29. The average Bonchev–Trinajstić information content (AvgIpc) is 3.24. The zero-order valence-corrected chi connectivity index (χ0v) is 20.4. The summed E-state index contributed by atoms with van der Waals surface area (Å²) >= 11 is 3.63. The van der Waals surface area contributed by atoms with Crippen LogP contribution in [0.2, 0.25) is 0 Å². The van der Waals surface area contributed by atoms with E-state index in [2.05, 4.69) is 93.6 Å². The second-order valence-electron chi connectivity index (χ2n) is 9.11. The van der Waals surface area contributed by atoms with Gasteiger partial charge in [-0.05, 0) is 40.8 Å². The Balaban J connectivity index is 1.62. The van der Waals surface area contributed by atoms with E-state index in [0.717, 1.165) is 24.0 Å². The number of likely N-dealkylation sites (tertiary alicyclic amines) is 1. The minimum Gasteiger partial charge on any atom is -0.469 e. The number of fused-ring (bicyclic) bond motifs is 1. The van der Waals surface area contributed by atoms with Crippen LogP contribution in [0.5, 0.6) is 0 Å². The van der Waals surface area contributed by atoms with Crippen LogP contribution in [0.4, 0.5) is 0 Å². The summed E-state index contributed by atoms with van der Waals surface area (Å²) in [6.07, 6.45) is 3.17. The number of carbonyl (C=O) groups excluding carboxylic acids is 1. The van der Waals surface area contributed by atoms with Crippen molar-refractivity contribution in [3.63, 3.8) is 0 Å². The molecule has 0 N–H and O–H groups in total. The molecular weight excluding hydrogens is 474 g/mol. The van der Waals surface area contributed by atoms with Gasteiger partial charge in [-0.1, -0.05) is 94.8 Å². The first-order valence-electron chi connectivity index (χ1n) is 11.5. The number of ether oxygens (including phenoxy) is 1. The fraction of sp³-hybridized carbons (Fsp3) is 0.276. The van der Waals surface area contributed by atoms with Gasteiger partial charge in [-0.15, -0.1) is 0 Å². The summed E-state index contributed by atoms with van der Waals surface area (Å²) in [4.78, 5) is 16.1. The molecule has 0 saturated carbocycles. The molecular formula is C29H28BrNO2. The SMILES string of the molecule is COC(=O)C12CN(Cc3ccccc3)CC1C(c1cccc(Br)c1)=CCC2c1ccccc1. The molecule has 1 aliphatic heterocycles. The number of hydrogen-bond acceptors (Lipinski definition) is 3. The van der Waals surface area contributed by atoms with E-state index in [-0.39, 0.29) is 17.8 Å². The first-order chi connectivity index (χ1) is 16.1. The molecule has 3 aromatic rings. The Morgan fingerprint density at radius 1 is 1.00 bits per heavy atom. The topological polar surface area (TPSA) is 29.5 Å². The van der Waals surface area contributed by atoms with Gasteiger partial charge in [0.2, 0.25) is 0 Å². The lowest BCUT2D eigenvalue weighted by molar-refractivity contribution is -0.155. The summed E-state index contributed by atoms with van der Waals surface area (Å²) in [5.41, 5.74) is 4.27. The first kappa shape index (κ1) is 22.1. The number of carbonyl (C=O) groups is 1. The standard InChI is InChI=1S/C29H28BrNO2/c1-33-28(32)29-20-31(18-21-9-4-2-5-10-21)19-27(29)25(23-13-8-14-24(30)17-23)15-16-26(29)22-11-6-3-7-12-22/h2-15,17,26-27H,16,18-20H2,1H3. The van der Waals surface area contributed by atoms with E-state index in [1.165, 1.54) is 29.4 Å². The van der Waals surface area contributed by atoms with Crippen LogP contribution < -0.4 is 0 Å². The fourth-order valence-corrected chi connectivity index (χ4v) is 6.30. The van der Waals surface area contributed by atoms with Gasteiger partial charge >= 0.3 is 5.97 Å². The van der Waals surface area contributed by atoms with Crippen LogP contribution in [-0.2, 0) is 16.1 Å². The Morgan fingerprint density at radius 2 is 1.73 bits per heavy atom. The quantitative estimate of drug-likeness (QED) is 0.383. The van der Waals surface area contributed by atoms with Gasteiger partial charge in [0.25, 0.3) is 0 Å². The molecule has 1 saturated heterocycles. The predicted molar refractivity (Wildman–Crippen MR) is 136 cm³/mol. The fourth-order valence-electron chi connectivity index (χ4n) is 5.90. The molecule has 168 valence electrons. The van der Waals surface area contributed by atoms with E-state index < -0.39 is 5.41 Å². The third-order valence-corrected chi connectivity index (χ3v) is 7.79. The monoisotopic (exact) mass is 501 g/mol. The Bertz CT molecular complexity index is 1160. The maximum Gasteiger partial charge on any atom is 0.314 e. The van der Waals surface area contributed by atoms with Gasteiger partial charge < -0.3 is 4.74 Å². The van der Waals surface area contributed by atoms with E-state index in [1.54, 1.807) is 0 Å². The molecule has 5 rings (SSSR count). The van der Waals surface area contributed by atoms with Crippen molar-refractivity contribution in [2.45, 2.75) is 18.9 Å². The number of methoxy groups -OCH3 is 1. The number of rotatable bonds is 5. The second kappa shape index (κ2) is 9.28. The lowest BCUT2D eigenvalue weighted by atomic mass is 9.59. The summed E-state index contributed by atoms with van der Waals surface area (Å²) < 4.78 is 6.60. The summed E-state index contributed by atoms with van der Waals surface area (Å²) in [6, 6.07) is 29.4. The summed E-state index contributed by atoms with van der Waals surface area (Å²) in [7, 11) is 1.53. The number of benzene rings is 3. The van der Waals surface area contributed by atoms with Crippen molar-refractivity contribution in [2.75, 3.05) is 20.2 Å². The highest BCUT2D eigenvalue weighted by Crippen LogP contribution is 2.57. The van der Waals surface area contributed by atoms with Gasteiger partial charge in [0.05, 0.1) is 12.5 Å². The largest absolute Gasteiger partial charge is 0.469 e. The molecule has 0 bridgehead atoms. The molecule has 0 aromatic heterocycles. The smallest absolute Gasteiger partial charge is 0.314 e. The number of nitrogens with zero attached hydrogens (tertiary/aromatic N) is 1. The third kappa shape index (κ3) is 4.07. The molecule has 0 amide bonds. The van der Waals surface area contributed by atoms with Crippen LogP contribution in [-0.4, -0.2) is 31.1 Å². The van der Waals surface area contributed by atoms with E-state index in [1.807, 2.05) is 18.2 Å². The summed E-state index contributed by atoms with van der Waals surface area (Å²) in [6.45, 7) is 2.33. The van der Waals surface area contributed by atoms with Crippen LogP contribution in [0.3, 0.4) is 0 Å². The van der Waals surface area contributed by atoms with Gasteiger partial charge in [-0.2, -0.15) is 0 Å².